The fourth-order valence-electron chi connectivity index (χ4n) is 1.73. The molecule has 1 saturated carbocycles. The van der Waals surface area contributed by atoms with Crippen molar-refractivity contribution in [3.63, 3.8) is 0 Å². The second-order valence-electron chi connectivity index (χ2n) is 4.55. The maximum atomic E-state index is 13.6. The number of benzene rings is 1. The fourth-order valence-corrected chi connectivity index (χ4v) is 1.73. The van der Waals surface area contributed by atoms with Gasteiger partial charge in [-0.3, -0.25) is 0 Å². The van der Waals surface area contributed by atoms with E-state index in [9.17, 15) is 4.39 Å². The summed E-state index contributed by atoms with van der Waals surface area (Å²) in [5.74, 6) is 0.117. The van der Waals surface area contributed by atoms with E-state index >= 15 is 0 Å². The summed E-state index contributed by atoms with van der Waals surface area (Å²) in [6.07, 6.45) is 1.96. The lowest BCUT2D eigenvalue weighted by Crippen LogP contribution is -2.19. The Balaban J connectivity index is 2.36. The minimum atomic E-state index is -0.226. The number of nitrogens with two attached hydrogens (primary N) is 1. The smallest absolute Gasteiger partial charge is 0.127 e. The first-order chi connectivity index (χ1) is 6.53. The second-order valence-corrected chi connectivity index (χ2v) is 4.55. The Kier molecular flexibility index (Phi) is 2.11. The Labute approximate surface area is 84.1 Å². The first-order valence-corrected chi connectivity index (χ1v) is 5.12. The molecule has 0 aromatic heterocycles. The summed E-state index contributed by atoms with van der Waals surface area (Å²) in [5, 5.41) is 0. The highest BCUT2D eigenvalue weighted by Crippen LogP contribution is 2.43. The summed E-state index contributed by atoms with van der Waals surface area (Å²) in [6, 6.07) is 5.43. The fraction of sp³-hybridized carbons (Fsp3) is 0.500. The molecule has 0 unspecified atom stereocenters. The molecule has 0 heterocycles. The van der Waals surface area contributed by atoms with Gasteiger partial charge in [0.2, 0.25) is 0 Å². The zero-order chi connectivity index (χ0) is 10.3. The molecule has 0 spiro atoms. The van der Waals surface area contributed by atoms with Crippen molar-refractivity contribution in [3.8, 4) is 0 Å². The van der Waals surface area contributed by atoms with E-state index in [1.807, 2.05) is 26.0 Å². The third kappa shape index (κ3) is 1.55. The number of halogens is 1. The number of hydrogen-bond donors (Lipinski definition) is 1. The summed E-state index contributed by atoms with van der Waals surface area (Å²) < 4.78 is 13.6. The Morgan fingerprint density at radius 3 is 2.43 bits per heavy atom. The molecule has 0 aliphatic heterocycles. The van der Waals surface area contributed by atoms with Crippen LogP contribution >= 0.6 is 0 Å². The van der Waals surface area contributed by atoms with E-state index in [0.29, 0.717) is 0 Å². The highest BCUT2D eigenvalue weighted by atomic mass is 19.1. The number of hydrogen-bond acceptors (Lipinski definition) is 1. The molecule has 0 saturated heterocycles. The second kappa shape index (κ2) is 3.06. The maximum Gasteiger partial charge on any atom is 0.127 e. The molecule has 1 aromatic rings. The van der Waals surface area contributed by atoms with Gasteiger partial charge < -0.3 is 5.73 Å². The first kappa shape index (κ1) is 9.66. The van der Waals surface area contributed by atoms with Crippen LogP contribution in [0.4, 0.5) is 4.39 Å². The molecule has 0 atom stereocenters. The summed E-state index contributed by atoms with van der Waals surface area (Å²) in [5.41, 5.74) is 7.49. The molecule has 0 bridgehead atoms. The summed E-state index contributed by atoms with van der Waals surface area (Å²) in [4.78, 5) is 0. The molecule has 2 rings (SSSR count). The van der Waals surface area contributed by atoms with E-state index in [1.165, 1.54) is 0 Å². The lowest BCUT2D eigenvalue weighted by molar-refractivity contribution is 0.590. The van der Waals surface area contributed by atoms with Crippen molar-refractivity contribution in [1.29, 1.82) is 0 Å². The van der Waals surface area contributed by atoms with Crippen molar-refractivity contribution in [1.82, 2.24) is 0 Å². The van der Waals surface area contributed by atoms with Crippen LogP contribution in [0.1, 0.15) is 43.7 Å². The summed E-state index contributed by atoms with van der Waals surface area (Å²) >= 11 is 0. The third-order valence-electron chi connectivity index (χ3n) is 2.99. The van der Waals surface area contributed by atoms with Crippen LogP contribution in [0.2, 0.25) is 0 Å². The zero-order valence-electron chi connectivity index (χ0n) is 8.68. The predicted molar refractivity (Wildman–Crippen MR) is 55.6 cm³/mol. The van der Waals surface area contributed by atoms with Crippen molar-refractivity contribution in [2.45, 2.75) is 38.1 Å². The van der Waals surface area contributed by atoms with E-state index < -0.39 is 0 Å². The lowest BCUT2D eigenvalue weighted by atomic mass is 9.97. The minimum absolute atomic E-state index is 0.116. The standard InChI is InChI=1S/C12H16FN/c1-8(2)10-4-3-9(7-11(10)13)12(14)5-6-12/h3-4,7-8H,5-6,14H2,1-2H3. The molecular formula is C12H16FN. The van der Waals surface area contributed by atoms with E-state index in [1.54, 1.807) is 6.07 Å². The van der Waals surface area contributed by atoms with Gasteiger partial charge in [0, 0.05) is 5.54 Å². The van der Waals surface area contributed by atoms with Crippen LogP contribution in [0.3, 0.4) is 0 Å². The van der Waals surface area contributed by atoms with Crippen molar-refractivity contribution in [2.24, 2.45) is 5.73 Å². The molecule has 1 aliphatic carbocycles. The van der Waals surface area contributed by atoms with Crippen LogP contribution in [-0.4, -0.2) is 0 Å². The largest absolute Gasteiger partial charge is 0.321 e. The van der Waals surface area contributed by atoms with Gasteiger partial charge in [0.05, 0.1) is 0 Å². The van der Waals surface area contributed by atoms with E-state index in [4.69, 9.17) is 5.73 Å². The van der Waals surface area contributed by atoms with Gasteiger partial charge in [-0.25, -0.2) is 4.39 Å². The predicted octanol–water partition coefficient (Wildman–Crippen LogP) is 2.90. The van der Waals surface area contributed by atoms with Crippen LogP contribution in [0, 0.1) is 5.82 Å². The molecule has 1 fully saturated rings. The first-order valence-electron chi connectivity index (χ1n) is 5.12. The molecule has 2 heteroatoms. The molecule has 1 nitrogen and oxygen atoms in total. The quantitative estimate of drug-likeness (QED) is 0.767. The molecule has 0 amide bonds. The highest BCUT2D eigenvalue weighted by molar-refractivity contribution is 5.34. The van der Waals surface area contributed by atoms with Crippen LogP contribution in [0.15, 0.2) is 18.2 Å². The highest BCUT2D eigenvalue weighted by Gasteiger charge is 2.40. The summed E-state index contributed by atoms with van der Waals surface area (Å²) in [6.45, 7) is 3.99. The van der Waals surface area contributed by atoms with Crippen LogP contribution < -0.4 is 5.73 Å². The molecule has 1 aromatic carbocycles. The lowest BCUT2D eigenvalue weighted by Gasteiger charge is -2.12. The van der Waals surface area contributed by atoms with Gasteiger partial charge in [0.1, 0.15) is 5.82 Å². The van der Waals surface area contributed by atoms with Gasteiger partial charge >= 0.3 is 0 Å². The molecule has 2 N–H and O–H groups in total. The maximum absolute atomic E-state index is 13.6. The molecule has 0 radical (unpaired) electrons. The Bertz CT molecular complexity index is 353. The molecule has 14 heavy (non-hydrogen) atoms. The van der Waals surface area contributed by atoms with Crippen LogP contribution in [0.5, 0.6) is 0 Å². The third-order valence-corrected chi connectivity index (χ3v) is 2.99. The average Bonchev–Trinajstić information content (AvgIpc) is 2.84. The summed E-state index contributed by atoms with van der Waals surface area (Å²) in [7, 11) is 0. The SMILES string of the molecule is CC(C)c1ccc(C2(N)CC2)cc1F. The zero-order valence-corrected chi connectivity index (χ0v) is 8.68. The molecule has 1 aliphatic rings. The van der Waals surface area contributed by atoms with Gasteiger partial charge in [0.25, 0.3) is 0 Å². The Morgan fingerprint density at radius 1 is 1.36 bits per heavy atom. The minimum Gasteiger partial charge on any atom is -0.321 e. The van der Waals surface area contributed by atoms with E-state index in [-0.39, 0.29) is 17.3 Å². The van der Waals surface area contributed by atoms with Crippen LogP contribution in [-0.2, 0) is 5.54 Å². The van der Waals surface area contributed by atoms with Crippen molar-refractivity contribution >= 4 is 0 Å². The molecule has 76 valence electrons. The molecular weight excluding hydrogens is 177 g/mol. The van der Waals surface area contributed by atoms with Gasteiger partial charge in [-0.15, -0.1) is 0 Å². The number of rotatable bonds is 2. The monoisotopic (exact) mass is 193 g/mol. The van der Waals surface area contributed by atoms with Crippen molar-refractivity contribution in [2.75, 3.05) is 0 Å². The van der Waals surface area contributed by atoms with Gasteiger partial charge in [-0.1, -0.05) is 26.0 Å². The van der Waals surface area contributed by atoms with Gasteiger partial charge in [-0.05, 0) is 36.0 Å². The Morgan fingerprint density at radius 2 is 2.00 bits per heavy atom. The van der Waals surface area contributed by atoms with Crippen LogP contribution in [0.25, 0.3) is 0 Å². The Hall–Kier alpha value is -0.890. The normalized spacial score (nSPS) is 18.6. The average molecular weight is 193 g/mol. The van der Waals surface area contributed by atoms with Crippen molar-refractivity contribution in [3.05, 3.63) is 35.1 Å². The topological polar surface area (TPSA) is 26.0 Å². The van der Waals surface area contributed by atoms with E-state index in [2.05, 4.69) is 0 Å². The van der Waals surface area contributed by atoms with Crippen molar-refractivity contribution < 1.29 is 4.39 Å². The van der Waals surface area contributed by atoms with E-state index in [0.717, 1.165) is 24.0 Å². The van der Waals surface area contributed by atoms with Gasteiger partial charge in [0.15, 0.2) is 0 Å². The van der Waals surface area contributed by atoms with Gasteiger partial charge in [-0.2, -0.15) is 0 Å².